The smallest absolute Gasteiger partial charge is 0.280 e. The van der Waals surface area contributed by atoms with Gasteiger partial charge in [0.25, 0.3) is 5.91 Å². The van der Waals surface area contributed by atoms with Crippen molar-refractivity contribution in [1.29, 1.82) is 0 Å². The number of thiazole rings is 1. The normalized spacial score (nSPS) is 13.6. The highest BCUT2D eigenvalue weighted by Crippen LogP contribution is 2.27. The summed E-state index contributed by atoms with van der Waals surface area (Å²) in [6.07, 6.45) is 5.41. The molecule has 4 aromatic rings. The predicted molar refractivity (Wildman–Crippen MR) is 145 cm³/mol. The third-order valence-corrected chi connectivity index (χ3v) is 7.30. The van der Waals surface area contributed by atoms with Gasteiger partial charge in [0.15, 0.2) is 10.8 Å². The van der Waals surface area contributed by atoms with Crippen LogP contribution in [0, 0.1) is 0 Å². The topological polar surface area (TPSA) is 70.4 Å². The number of carbonyl (C=O) groups excluding carboxylic acids is 1. The van der Waals surface area contributed by atoms with Crippen molar-refractivity contribution in [1.82, 2.24) is 20.0 Å². The molecule has 8 nitrogen and oxygen atoms in total. The molecule has 36 heavy (non-hydrogen) atoms. The largest absolute Gasteiger partial charge is 0.378 e. The summed E-state index contributed by atoms with van der Waals surface area (Å²) >= 11 is 1.65. The SMILES string of the molecule is CN(C)c1ccc(N(Cc2csc(N3CCCCC3)n2)C(=O)c2cn(Cc3ccccc3)nn2)cc1. The van der Waals surface area contributed by atoms with E-state index in [2.05, 4.69) is 20.6 Å². The van der Waals surface area contributed by atoms with Gasteiger partial charge >= 0.3 is 0 Å². The predicted octanol–water partition coefficient (Wildman–Crippen LogP) is 4.69. The molecule has 0 spiro atoms. The van der Waals surface area contributed by atoms with Crippen molar-refractivity contribution < 1.29 is 4.79 Å². The van der Waals surface area contributed by atoms with Gasteiger partial charge in [0.2, 0.25) is 0 Å². The Morgan fingerprint density at radius 1 is 0.972 bits per heavy atom. The number of hydrogen-bond acceptors (Lipinski definition) is 7. The molecule has 1 aliphatic heterocycles. The monoisotopic (exact) mass is 501 g/mol. The Kier molecular flexibility index (Phi) is 7.27. The lowest BCUT2D eigenvalue weighted by Gasteiger charge is -2.26. The number of nitrogens with zero attached hydrogens (tertiary/aromatic N) is 7. The summed E-state index contributed by atoms with van der Waals surface area (Å²) in [5.41, 5.74) is 4.17. The molecule has 1 amide bonds. The molecule has 0 atom stereocenters. The molecule has 0 aliphatic carbocycles. The van der Waals surface area contributed by atoms with Gasteiger partial charge in [-0.2, -0.15) is 0 Å². The van der Waals surface area contributed by atoms with E-state index in [0.29, 0.717) is 18.8 Å². The number of anilines is 3. The average Bonchev–Trinajstić information content (AvgIpc) is 3.58. The first-order valence-corrected chi connectivity index (χ1v) is 13.2. The fraction of sp³-hybridized carbons (Fsp3) is 0.333. The summed E-state index contributed by atoms with van der Waals surface area (Å²) in [6.45, 7) is 3.03. The molecule has 186 valence electrons. The third kappa shape index (κ3) is 5.57. The van der Waals surface area contributed by atoms with E-state index in [0.717, 1.165) is 40.9 Å². The quantitative estimate of drug-likeness (QED) is 0.349. The Bertz CT molecular complexity index is 1280. The zero-order valence-electron chi connectivity index (χ0n) is 20.7. The van der Waals surface area contributed by atoms with Crippen LogP contribution >= 0.6 is 11.3 Å². The second-order valence-electron chi connectivity index (χ2n) is 9.26. The van der Waals surface area contributed by atoms with Gasteiger partial charge in [-0.1, -0.05) is 35.5 Å². The van der Waals surface area contributed by atoms with Crippen LogP contribution in [0.1, 0.15) is 41.0 Å². The molecule has 0 radical (unpaired) electrons. The highest BCUT2D eigenvalue weighted by molar-refractivity contribution is 7.13. The number of rotatable bonds is 8. The van der Waals surface area contributed by atoms with Gasteiger partial charge < -0.3 is 14.7 Å². The Hall–Kier alpha value is -3.72. The summed E-state index contributed by atoms with van der Waals surface area (Å²) in [6, 6.07) is 18.0. The lowest BCUT2D eigenvalue weighted by molar-refractivity contribution is 0.0980. The van der Waals surface area contributed by atoms with Crippen LogP contribution in [0.25, 0.3) is 0 Å². The average molecular weight is 502 g/mol. The minimum Gasteiger partial charge on any atom is -0.378 e. The Balaban J connectivity index is 1.39. The standard InChI is InChI=1S/C27H31N7OS/c1-31(2)23-11-13-24(14-12-23)34(18-22-20-36-27(28-22)32-15-7-4-8-16-32)26(35)25-19-33(30-29-25)17-21-9-5-3-6-10-21/h3,5-6,9-14,19-20H,4,7-8,15-18H2,1-2H3. The van der Waals surface area contributed by atoms with Crippen LogP contribution in [-0.4, -0.2) is 53.1 Å². The van der Waals surface area contributed by atoms with E-state index in [4.69, 9.17) is 4.98 Å². The maximum absolute atomic E-state index is 13.7. The molecular weight excluding hydrogens is 470 g/mol. The molecule has 1 aliphatic rings. The summed E-state index contributed by atoms with van der Waals surface area (Å²) in [4.78, 5) is 24.7. The molecule has 3 heterocycles. The van der Waals surface area contributed by atoms with Gasteiger partial charge in [-0.25, -0.2) is 9.67 Å². The van der Waals surface area contributed by atoms with E-state index < -0.39 is 0 Å². The van der Waals surface area contributed by atoms with Crippen LogP contribution in [0.4, 0.5) is 16.5 Å². The molecular formula is C27H31N7OS. The van der Waals surface area contributed by atoms with E-state index in [9.17, 15) is 4.79 Å². The van der Waals surface area contributed by atoms with Gasteiger partial charge in [-0.15, -0.1) is 16.4 Å². The van der Waals surface area contributed by atoms with Crippen molar-refractivity contribution >= 4 is 33.8 Å². The maximum Gasteiger partial charge on any atom is 0.280 e. The van der Waals surface area contributed by atoms with E-state index in [1.165, 1.54) is 19.3 Å². The number of hydrogen-bond donors (Lipinski definition) is 0. The van der Waals surface area contributed by atoms with Gasteiger partial charge in [0.05, 0.1) is 25.0 Å². The van der Waals surface area contributed by atoms with E-state index in [1.54, 1.807) is 27.1 Å². The van der Waals surface area contributed by atoms with E-state index in [1.807, 2.05) is 73.6 Å². The molecule has 0 unspecified atom stereocenters. The minimum absolute atomic E-state index is 0.195. The highest BCUT2D eigenvalue weighted by Gasteiger charge is 2.23. The first-order valence-electron chi connectivity index (χ1n) is 12.3. The van der Waals surface area contributed by atoms with Gasteiger partial charge in [-0.3, -0.25) is 4.79 Å². The molecule has 9 heteroatoms. The van der Waals surface area contributed by atoms with Gasteiger partial charge in [0, 0.05) is 43.9 Å². The summed E-state index contributed by atoms with van der Waals surface area (Å²) in [7, 11) is 4.00. The zero-order valence-corrected chi connectivity index (χ0v) is 21.6. The Morgan fingerprint density at radius 3 is 2.42 bits per heavy atom. The molecule has 2 aromatic heterocycles. The van der Waals surface area contributed by atoms with Crippen LogP contribution < -0.4 is 14.7 Å². The van der Waals surface area contributed by atoms with Crippen molar-refractivity contribution in [3.8, 4) is 0 Å². The minimum atomic E-state index is -0.195. The molecule has 5 rings (SSSR count). The number of aromatic nitrogens is 4. The second-order valence-corrected chi connectivity index (χ2v) is 10.1. The van der Waals surface area contributed by atoms with Crippen molar-refractivity contribution in [2.75, 3.05) is 41.9 Å². The van der Waals surface area contributed by atoms with Crippen molar-refractivity contribution in [2.45, 2.75) is 32.4 Å². The molecule has 0 bridgehead atoms. The molecule has 0 N–H and O–H groups in total. The van der Waals surface area contributed by atoms with Crippen LogP contribution in [0.2, 0.25) is 0 Å². The van der Waals surface area contributed by atoms with Crippen molar-refractivity contribution in [2.24, 2.45) is 0 Å². The maximum atomic E-state index is 13.7. The van der Waals surface area contributed by atoms with Crippen LogP contribution in [0.15, 0.2) is 66.2 Å². The number of amides is 1. The first-order chi connectivity index (χ1) is 17.6. The summed E-state index contributed by atoms with van der Waals surface area (Å²) < 4.78 is 1.70. The summed E-state index contributed by atoms with van der Waals surface area (Å²) in [5.74, 6) is -0.195. The number of carbonyl (C=O) groups is 1. The van der Waals surface area contributed by atoms with Gasteiger partial charge in [-0.05, 0) is 49.1 Å². The van der Waals surface area contributed by atoms with E-state index in [-0.39, 0.29) is 5.91 Å². The lowest BCUT2D eigenvalue weighted by Crippen LogP contribution is -2.31. The highest BCUT2D eigenvalue weighted by atomic mass is 32.1. The van der Waals surface area contributed by atoms with Crippen LogP contribution in [0.3, 0.4) is 0 Å². The van der Waals surface area contributed by atoms with Crippen LogP contribution in [-0.2, 0) is 13.1 Å². The molecule has 0 saturated carbocycles. The van der Waals surface area contributed by atoms with Crippen molar-refractivity contribution in [3.63, 3.8) is 0 Å². The molecule has 1 saturated heterocycles. The second kappa shape index (κ2) is 10.9. The third-order valence-electron chi connectivity index (χ3n) is 6.35. The Labute approximate surface area is 215 Å². The molecule has 1 fully saturated rings. The van der Waals surface area contributed by atoms with Crippen LogP contribution in [0.5, 0.6) is 0 Å². The molecule has 2 aromatic carbocycles. The Morgan fingerprint density at radius 2 is 1.69 bits per heavy atom. The zero-order chi connectivity index (χ0) is 24.9. The number of benzene rings is 2. The van der Waals surface area contributed by atoms with Crippen molar-refractivity contribution in [3.05, 3.63) is 83.1 Å². The fourth-order valence-electron chi connectivity index (χ4n) is 4.35. The fourth-order valence-corrected chi connectivity index (χ4v) is 5.23. The first kappa shape index (κ1) is 24.0. The lowest BCUT2D eigenvalue weighted by atomic mass is 10.1. The van der Waals surface area contributed by atoms with E-state index >= 15 is 0 Å². The summed E-state index contributed by atoms with van der Waals surface area (Å²) in [5, 5.41) is 11.5. The van der Waals surface area contributed by atoms with Gasteiger partial charge in [0.1, 0.15) is 0 Å². The number of piperidine rings is 1.